The van der Waals surface area contributed by atoms with Crippen LogP contribution in [0.2, 0.25) is 10.0 Å². The van der Waals surface area contributed by atoms with E-state index in [4.69, 9.17) is 27.9 Å². The molecule has 0 unspecified atom stereocenters. The highest BCUT2D eigenvalue weighted by Gasteiger charge is 2.22. The summed E-state index contributed by atoms with van der Waals surface area (Å²) in [7, 11) is 0. The first-order valence-electron chi connectivity index (χ1n) is 8.34. The molecule has 1 aromatic carbocycles. The van der Waals surface area contributed by atoms with Crippen LogP contribution in [0.25, 0.3) is 10.1 Å². The van der Waals surface area contributed by atoms with E-state index in [-0.39, 0.29) is 28.4 Å². The summed E-state index contributed by atoms with van der Waals surface area (Å²) in [5, 5.41) is 4.22. The summed E-state index contributed by atoms with van der Waals surface area (Å²) in [5.74, 6) is -1.41. The topological polar surface area (TPSA) is 75.7 Å². The minimum absolute atomic E-state index is 0.0206. The lowest BCUT2D eigenvalue weighted by molar-refractivity contribution is -0.138. The van der Waals surface area contributed by atoms with Gasteiger partial charge in [-0.25, -0.2) is 4.79 Å². The molecule has 0 atom stereocenters. The Morgan fingerprint density at radius 1 is 1.26 bits per heavy atom. The van der Waals surface area contributed by atoms with Gasteiger partial charge in [0.05, 0.1) is 11.6 Å². The molecular formula is C18H20Cl2N2O4S. The summed E-state index contributed by atoms with van der Waals surface area (Å²) in [6, 6.07) is 5.10. The predicted octanol–water partition coefficient (Wildman–Crippen LogP) is 3.74. The molecule has 0 saturated heterocycles. The van der Waals surface area contributed by atoms with E-state index in [0.29, 0.717) is 17.0 Å². The molecule has 1 heterocycles. The van der Waals surface area contributed by atoms with Crippen molar-refractivity contribution in [2.75, 3.05) is 19.7 Å². The van der Waals surface area contributed by atoms with Crippen LogP contribution in [0.3, 0.4) is 0 Å². The second-order valence-electron chi connectivity index (χ2n) is 6.09. The number of fused-ring (bicyclic) bond motifs is 1. The number of thiophene rings is 1. The third-order valence-corrected chi connectivity index (χ3v) is 5.49. The number of hydrogen-bond donors (Lipinski definition) is 1. The molecule has 0 aliphatic heterocycles. The summed E-state index contributed by atoms with van der Waals surface area (Å²) in [6.07, 6.45) is 0. The van der Waals surface area contributed by atoms with Gasteiger partial charge >= 0.3 is 5.97 Å². The molecule has 0 aliphatic carbocycles. The number of likely N-dealkylation sites (N-methyl/N-ethyl adjacent to an activating group) is 1. The predicted molar refractivity (Wildman–Crippen MR) is 108 cm³/mol. The maximum atomic E-state index is 12.3. The van der Waals surface area contributed by atoms with Crippen molar-refractivity contribution in [1.82, 2.24) is 10.2 Å². The van der Waals surface area contributed by atoms with Gasteiger partial charge in [-0.1, -0.05) is 29.3 Å². The highest BCUT2D eigenvalue weighted by Crippen LogP contribution is 2.37. The lowest BCUT2D eigenvalue weighted by Gasteiger charge is -2.20. The first kappa shape index (κ1) is 21.5. The fourth-order valence-electron chi connectivity index (χ4n) is 2.37. The van der Waals surface area contributed by atoms with Crippen molar-refractivity contribution in [3.8, 4) is 0 Å². The lowest BCUT2D eigenvalue weighted by atomic mass is 10.2. The molecule has 1 aromatic heterocycles. The van der Waals surface area contributed by atoms with Crippen LogP contribution in [0, 0.1) is 0 Å². The monoisotopic (exact) mass is 430 g/mol. The minimum Gasteiger partial charge on any atom is -0.451 e. The van der Waals surface area contributed by atoms with E-state index in [1.807, 2.05) is 13.8 Å². The van der Waals surface area contributed by atoms with Crippen molar-refractivity contribution >= 4 is 62.4 Å². The van der Waals surface area contributed by atoms with Gasteiger partial charge in [-0.05, 0) is 32.9 Å². The summed E-state index contributed by atoms with van der Waals surface area (Å²) in [5.41, 5.74) is 0. The fraction of sp³-hybridized carbons (Fsp3) is 0.389. The largest absolute Gasteiger partial charge is 0.451 e. The number of nitrogens with one attached hydrogen (secondary N) is 1. The Hall–Kier alpha value is -1.83. The highest BCUT2D eigenvalue weighted by atomic mass is 35.5. The smallest absolute Gasteiger partial charge is 0.350 e. The zero-order chi connectivity index (χ0) is 20.1. The van der Waals surface area contributed by atoms with Crippen molar-refractivity contribution in [3.63, 3.8) is 0 Å². The van der Waals surface area contributed by atoms with Crippen LogP contribution in [-0.4, -0.2) is 48.4 Å². The molecular weight excluding hydrogens is 411 g/mol. The molecule has 0 radical (unpaired) electrons. The van der Waals surface area contributed by atoms with Crippen molar-refractivity contribution in [3.05, 3.63) is 33.1 Å². The van der Waals surface area contributed by atoms with E-state index in [1.54, 1.807) is 25.1 Å². The Kier molecular flexibility index (Phi) is 7.47. The maximum Gasteiger partial charge on any atom is 0.350 e. The van der Waals surface area contributed by atoms with E-state index >= 15 is 0 Å². The third-order valence-electron chi connectivity index (χ3n) is 3.62. The van der Waals surface area contributed by atoms with Crippen LogP contribution in [0.1, 0.15) is 30.4 Å². The van der Waals surface area contributed by atoms with Crippen LogP contribution in [-0.2, 0) is 14.3 Å². The normalized spacial score (nSPS) is 10.9. The van der Waals surface area contributed by atoms with Gasteiger partial charge in [0.2, 0.25) is 5.91 Å². The first-order valence-corrected chi connectivity index (χ1v) is 9.92. The quantitative estimate of drug-likeness (QED) is 0.678. The van der Waals surface area contributed by atoms with Crippen LogP contribution in [0.15, 0.2) is 18.2 Å². The van der Waals surface area contributed by atoms with Crippen LogP contribution in [0.4, 0.5) is 0 Å². The van der Waals surface area contributed by atoms with Crippen molar-refractivity contribution in [2.45, 2.75) is 26.8 Å². The van der Waals surface area contributed by atoms with E-state index in [2.05, 4.69) is 5.32 Å². The minimum atomic E-state index is -0.687. The number of nitrogens with zero attached hydrogens (tertiary/aromatic N) is 1. The number of carbonyl (C=O) groups excluding carboxylic acids is 3. The number of rotatable bonds is 7. The zero-order valence-electron chi connectivity index (χ0n) is 15.2. The van der Waals surface area contributed by atoms with E-state index in [9.17, 15) is 14.4 Å². The molecule has 0 fully saturated rings. The zero-order valence-corrected chi connectivity index (χ0v) is 17.5. The van der Waals surface area contributed by atoms with Crippen molar-refractivity contribution < 1.29 is 19.1 Å². The van der Waals surface area contributed by atoms with Crippen molar-refractivity contribution in [2.24, 2.45) is 0 Å². The average molecular weight is 431 g/mol. The fourth-order valence-corrected chi connectivity index (χ4v) is 4.05. The van der Waals surface area contributed by atoms with Crippen LogP contribution in [0.5, 0.6) is 0 Å². The summed E-state index contributed by atoms with van der Waals surface area (Å²) in [6.45, 7) is 5.18. The van der Waals surface area contributed by atoms with Crippen LogP contribution >= 0.6 is 34.5 Å². The van der Waals surface area contributed by atoms with E-state index in [0.717, 1.165) is 16.0 Å². The summed E-state index contributed by atoms with van der Waals surface area (Å²) >= 11 is 13.3. The van der Waals surface area contributed by atoms with Gasteiger partial charge in [-0.15, -0.1) is 11.3 Å². The standard InChI is InChI=1S/C18H20Cl2N2O4S/c1-4-22(8-14(23)21-10(2)3)15(24)9-26-18(25)17-16(20)12-6-5-11(19)7-13(12)27-17/h5-7,10H,4,8-9H2,1-3H3,(H,21,23). The molecule has 27 heavy (non-hydrogen) atoms. The Bertz CT molecular complexity index is 866. The highest BCUT2D eigenvalue weighted by molar-refractivity contribution is 7.21. The number of ether oxygens (including phenoxy) is 1. The first-order chi connectivity index (χ1) is 12.7. The molecule has 2 amide bonds. The van der Waals surface area contributed by atoms with Gasteiger partial charge in [0, 0.05) is 27.7 Å². The molecule has 1 N–H and O–H groups in total. The van der Waals surface area contributed by atoms with Gasteiger partial charge in [0.25, 0.3) is 5.91 Å². The Morgan fingerprint density at radius 3 is 2.59 bits per heavy atom. The molecule has 2 aromatic rings. The third kappa shape index (κ3) is 5.57. The maximum absolute atomic E-state index is 12.3. The average Bonchev–Trinajstić information content (AvgIpc) is 2.92. The van der Waals surface area contributed by atoms with Gasteiger partial charge in [0.15, 0.2) is 6.61 Å². The molecule has 9 heteroatoms. The summed E-state index contributed by atoms with van der Waals surface area (Å²) in [4.78, 5) is 37.9. The molecule has 0 saturated carbocycles. The Morgan fingerprint density at radius 2 is 1.96 bits per heavy atom. The van der Waals surface area contributed by atoms with E-state index in [1.165, 1.54) is 4.90 Å². The Balaban J connectivity index is 2.00. The molecule has 6 nitrogen and oxygen atoms in total. The van der Waals surface area contributed by atoms with Crippen LogP contribution < -0.4 is 5.32 Å². The van der Waals surface area contributed by atoms with Gasteiger partial charge in [-0.3, -0.25) is 9.59 Å². The molecule has 0 bridgehead atoms. The van der Waals surface area contributed by atoms with E-state index < -0.39 is 18.5 Å². The number of carbonyl (C=O) groups is 3. The SMILES string of the molecule is CCN(CC(=O)NC(C)C)C(=O)COC(=O)c1sc2cc(Cl)ccc2c1Cl. The lowest BCUT2D eigenvalue weighted by Crippen LogP contribution is -2.44. The van der Waals surface area contributed by atoms with Crippen molar-refractivity contribution in [1.29, 1.82) is 0 Å². The van der Waals surface area contributed by atoms with Gasteiger partial charge in [0.1, 0.15) is 4.88 Å². The number of halogens is 2. The summed E-state index contributed by atoms with van der Waals surface area (Å²) < 4.78 is 5.86. The second kappa shape index (κ2) is 9.39. The molecule has 0 spiro atoms. The number of benzene rings is 1. The Labute approximate surface area is 171 Å². The number of esters is 1. The van der Waals surface area contributed by atoms with Gasteiger partial charge < -0.3 is 15.0 Å². The molecule has 146 valence electrons. The number of hydrogen-bond acceptors (Lipinski definition) is 5. The van der Waals surface area contributed by atoms with Gasteiger partial charge in [-0.2, -0.15) is 0 Å². The molecule has 2 rings (SSSR count). The number of amides is 2. The second-order valence-corrected chi connectivity index (χ2v) is 7.96. The molecule has 0 aliphatic rings.